The fourth-order valence-corrected chi connectivity index (χ4v) is 3.54. The van der Waals surface area contributed by atoms with E-state index < -0.39 is 24.2 Å². The van der Waals surface area contributed by atoms with Crippen LogP contribution in [0.1, 0.15) is 34.6 Å². The van der Waals surface area contributed by atoms with Crippen molar-refractivity contribution < 1.29 is 27.1 Å². The topological polar surface area (TPSA) is 81.3 Å². The summed E-state index contributed by atoms with van der Waals surface area (Å²) in [4.78, 5) is 12.9. The molecule has 2 unspecified atom stereocenters. The number of anilines is 2. The summed E-state index contributed by atoms with van der Waals surface area (Å²) in [7, 11) is 1.42. The van der Waals surface area contributed by atoms with Crippen LogP contribution in [-0.4, -0.2) is 29.0 Å². The monoisotopic (exact) mass is 440 g/mol. The van der Waals surface area contributed by atoms with Gasteiger partial charge in [0.1, 0.15) is 22.9 Å². The third kappa shape index (κ3) is 3.70. The molecule has 2 N–H and O–H groups in total. The van der Waals surface area contributed by atoms with Gasteiger partial charge in [0.15, 0.2) is 6.04 Å². The third-order valence-corrected chi connectivity index (χ3v) is 5.01. The van der Waals surface area contributed by atoms with Crippen molar-refractivity contribution in [3.63, 3.8) is 0 Å². The molecule has 0 spiro atoms. The molecule has 0 fully saturated rings. The van der Waals surface area contributed by atoms with E-state index in [0.717, 1.165) is 10.9 Å². The number of fused-ring (bicyclic) bond motifs is 1. The average Bonchev–Trinajstić information content (AvgIpc) is 3.36. The molecule has 1 amide bonds. The van der Waals surface area contributed by atoms with Gasteiger partial charge in [0, 0.05) is 11.4 Å². The van der Waals surface area contributed by atoms with Gasteiger partial charge in [0.25, 0.3) is 5.91 Å². The number of hydrogen-bond acceptors (Lipinski definition) is 5. The van der Waals surface area contributed by atoms with Gasteiger partial charge in [-0.1, -0.05) is 11.6 Å². The molecule has 4 rings (SSSR count). The molecule has 158 valence electrons. The standard InChI is InChI=1S/C19H16ClF3N4O3/c1-29-14-5-4-10(20)7-12(14)26-18(28)11-9-24-27-16(19(21,22)23)8-13(25-17(11)27)15-3-2-6-30-15/h2-7,9,13,16,25H,8H2,1H3,(H,26,28). The third-order valence-electron chi connectivity index (χ3n) is 4.78. The minimum absolute atomic E-state index is 0.0523. The van der Waals surface area contributed by atoms with Crippen LogP contribution in [0, 0.1) is 0 Å². The zero-order valence-corrected chi connectivity index (χ0v) is 16.3. The smallest absolute Gasteiger partial charge is 0.410 e. The predicted molar refractivity (Wildman–Crippen MR) is 103 cm³/mol. The molecule has 0 radical (unpaired) electrons. The van der Waals surface area contributed by atoms with E-state index >= 15 is 0 Å². The number of furan rings is 1. The van der Waals surface area contributed by atoms with Crippen molar-refractivity contribution >= 4 is 29.0 Å². The minimum atomic E-state index is -4.56. The van der Waals surface area contributed by atoms with Gasteiger partial charge >= 0.3 is 6.18 Å². The maximum atomic E-state index is 13.7. The molecule has 11 heteroatoms. The van der Waals surface area contributed by atoms with E-state index in [1.165, 1.54) is 19.4 Å². The summed E-state index contributed by atoms with van der Waals surface area (Å²) < 4.78 is 52.3. The second kappa shape index (κ2) is 7.60. The Morgan fingerprint density at radius 1 is 1.40 bits per heavy atom. The van der Waals surface area contributed by atoms with E-state index in [1.54, 1.807) is 24.3 Å². The lowest BCUT2D eigenvalue weighted by Crippen LogP contribution is -2.36. The lowest BCUT2D eigenvalue weighted by atomic mass is 10.0. The molecule has 0 aliphatic carbocycles. The normalized spacial score (nSPS) is 18.4. The molecule has 2 atom stereocenters. The van der Waals surface area contributed by atoms with Gasteiger partial charge in [-0.15, -0.1) is 0 Å². The molecule has 0 saturated carbocycles. The van der Waals surface area contributed by atoms with Crippen molar-refractivity contribution in [2.75, 3.05) is 17.7 Å². The molecular weight excluding hydrogens is 425 g/mol. The van der Waals surface area contributed by atoms with E-state index in [2.05, 4.69) is 15.7 Å². The van der Waals surface area contributed by atoms with Gasteiger partial charge in [-0.3, -0.25) is 4.79 Å². The summed E-state index contributed by atoms with van der Waals surface area (Å²) in [5.41, 5.74) is 0.225. The zero-order valence-electron chi connectivity index (χ0n) is 15.5. The number of halogens is 4. The first-order valence-corrected chi connectivity index (χ1v) is 9.24. The van der Waals surface area contributed by atoms with Crippen LogP contribution in [0.3, 0.4) is 0 Å². The van der Waals surface area contributed by atoms with E-state index in [9.17, 15) is 18.0 Å². The maximum Gasteiger partial charge on any atom is 0.410 e. The van der Waals surface area contributed by atoms with Crippen molar-refractivity contribution in [1.82, 2.24) is 9.78 Å². The molecule has 30 heavy (non-hydrogen) atoms. The molecule has 2 aromatic heterocycles. The van der Waals surface area contributed by atoms with E-state index in [1.807, 2.05) is 0 Å². The highest BCUT2D eigenvalue weighted by Gasteiger charge is 2.47. The largest absolute Gasteiger partial charge is 0.495 e. The first kappa shape index (κ1) is 20.1. The molecule has 1 aliphatic rings. The summed E-state index contributed by atoms with van der Waals surface area (Å²) in [6.45, 7) is 0. The van der Waals surface area contributed by atoms with Gasteiger partial charge in [0.05, 0.1) is 31.3 Å². The van der Waals surface area contributed by atoms with Crippen LogP contribution in [0.2, 0.25) is 5.02 Å². The molecule has 1 aliphatic heterocycles. The lowest BCUT2D eigenvalue weighted by molar-refractivity contribution is -0.174. The Morgan fingerprint density at radius 3 is 2.87 bits per heavy atom. The second-order valence-electron chi connectivity index (χ2n) is 6.66. The number of carbonyl (C=O) groups excluding carboxylic acids is 1. The van der Waals surface area contributed by atoms with Crippen molar-refractivity contribution in [3.05, 3.63) is 59.1 Å². The number of carbonyl (C=O) groups is 1. The first-order valence-electron chi connectivity index (χ1n) is 8.87. The molecule has 3 aromatic rings. The van der Waals surface area contributed by atoms with Gasteiger partial charge in [-0.2, -0.15) is 18.3 Å². The number of nitrogens with zero attached hydrogens (tertiary/aromatic N) is 2. The Balaban J connectivity index is 1.69. The van der Waals surface area contributed by atoms with Gasteiger partial charge in [-0.25, -0.2) is 4.68 Å². The van der Waals surface area contributed by atoms with Gasteiger partial charge < -0.3 is 19.8 Å². The second-order valence-corrected chi connectivity index (χ2v) is 7.09. The predicted octanol–water partition coefficient (Wildman–Crippen LogP) is 5.05. The summed E-state index contributed by atoms with van der Waals surface area (Å²) in [5.74, 6) is -0.0308. The Morgan fingerprint density at radius 2 is 2.20 bits per heavy atom. The molecule has 0 saturated heterocycles. The molecule has 7 nitrogen and oxygen atoms in total. The Kier molecular flexibility index (Phi) is 5.10. The van der Waals surface area contributed by atoms with Crippen molar-refractivity contribution in [2.24, 2.45) is 0 Å². The molecular formula is C19H16ClF3N4O3. The number of amides is 1. The number of alkyl halides is 3. The number of methoxy groups -OCH3 is 1. The van der Waals surface area contributed by atoms with E-state index in [4.69, 9.17) is 20.8 Å². The number of rotatable bonds is 4. The summed E-state index contributed by atoms with van der Waals surface area (Å²) in [6.07, 6.45) is -2.41. The number of benzene rings is 1. The van der Waals surface area contributed by atoms with Crippen molar-refractivity contribution in [1.29, 1.82) is 0 Å². The van der Waals surface area contributed by atoms with Gasteiger partial charge in [0.2, 0.25) is 0 Å². The summed E-state index contributed by atoms with van der Waals surface area (Å²) >= 11 is 5.97. The summed E-state index contributed by atoms with van der Waals surface area (Å²) in [5, 5.41) is 9.74. The van der Waals surface area contributed by atoms with Crippen LogP contribution in [0.5, 0.6) is 5.75 Å². The highest BCUT2D eigenvalue weighted by atomic mass is 35.5. The Labute approximate surface area is 173 Å². The fraction of sp³-hybridized carbons (Fsp3) is 0.263. The van der Waals surface area contributed by atoms with E-state index in [-0.39, 0.29) is 23.5 Å². The van der Waals surface area contributed by atoms with Crippen LogP contribution in [0.25, 0.3) is 0 Å². The minimum Gasteiger partial charge on any atom is -0.495 e. The average molecular weight is 441 g/mol. The number of hydrogen-bond donors (Lipinski definition) is 2. The van der Waals surface area contributed by atoms with Crippen molar-refractivity contribution in [2.45, 2.75) is 24.7 Å². The molecule has 0 bridgehead atoms. The summed E-state index contributed by atoms with van der Waals surface area (Å²) in [6, 6.07) is 5.11. The van der Waals surface area contributed by atoms with Gasteiger partial charge in [-0.05, 0) is 30.3 Å². The van der Waals surface area contributed by atoms with Crippen molar-refractivity contribution in [3.8, 4) is 5.75 Å². The van der Waals surface area contributed by atoms with Crippen LogP contribution in [-0.2, 0) is 0 Å². The first-order chi connectivity index (χ1) is 14.3. The Hall–Kier alpha value is -3.14. The Bertz CT molecular complexity index is 1070. The maximum absolute atomic E-state index is 13.7. The van der Waals surface area contributed by atoms with Crippen LogP contribution in [0.15, 0.2) is 47.2 Å². The van der Waals surface area contributed by atoms with Crippen LogP contribution in [0.4, 0.5) is 24.7 Å². The zero-order chi connectivity index (χ0) is 21.5. The van der Waals surface area contributed by atoms with E-state index in [0.29, 0.717) is 16.5 Å². The number of ether oxygens (including phenoxy) is 1. The SMILES string of the molecule is COc1ccc(Cl)cc1NC(=O)c1cnn2c1NC(c1ccco1)CC2C(F)(F)F. The number of nitrogens with one attached hydrogen (secondary N) is 2. The highest BCUT2D eigenvalue weighted by molar-refractivity contribution is 6.31. The van der Waals surface area contributed by atoms with Crippen LogP contribution >= 0.6 is 11.6 Å². The highest BCUT2D eigenvalue weighted by Crippen LogP contribution is 2.44. The lowest BCUT2D eigenvalue weighted by Gasteiger charge is -2.32. The fourth-order valence-electron chi connectivity index (χ4n) is 3.37. The van der Waals surface area contributed by atoms with Crippen LogP contribution < -0.4 is 15.4 Å². The quantitative estimate of drug-likeness (QED) is 0.593. The number of aromatic nitrogens is 2. The molecule has 1 aromatic carbocycles. The molecule has 3 heterocycles.